The predicted molar refractivity (Wildman–Crippen MR) is 103 cm³/mol. The van der Waals surface area contributed by atoms with Gasteiger partial charge in [-0.25, -0.2) is 0 Å². The number of benzene rings is 1. The number of rotatable bonds is 2. The van der Waals surface area contributed by atoms with Crippen LogP contribution in [0.3, 0.4) is 0 Å². The Morgan fingerprint density at radius 3 is 1.96 bits per heavy atom. The molecule has 0 amide bonds. The number of alkyl halides is 1. The Morgan fingerprint density at radius 2 is 1.36 bits per heavy atom. The molecule has 1 aliphatic heterocycles. The molecule has 1 aromatic rings. The third-order valence-corrected chi connectivity index (χ3v) is 5.12. The van der Waals surface area contributed by atoms with Crippen LogP contribution in [0.15, 0.2) is 30.3 Å². The zero-order valence-corrected chi connectivity index (χ0v) is 17.2. The molecule has 0 aromatic heterocycles. The van der Waals surface area contributed by atoms with Crippen LogP contribution in [0.1, 0.15) is 5.56 Å². The zero-order valence-electron chi connectivity index (χ0n) is 14.5. The number of nitrogens with zero attached hydrogens (tertiary/aromatic N) is 1. The van der Waals surface area contributed by atoms with Gasteiger partial charge in [-0.1, -0.05) is 41.9 Å². The first-order valence-electron chi connectivity index (χ1n) is 8.70. The first kappa shape index (κ1) is 23.2. The molecule has 0 aliphatic carbocycles. The topological polar surface area (TPSA) is 51.4 Å². The van der Waals surface area contributed by atoms with Crippen LogP contribution in [0, 0.1) is 0 Å². The van der Waals surface area contributed by atoms with E-state index in [-0.39, 0.29) is 17.1 Å². The van der Waals surface area contributed by atoms with Gasteiger partial charge in [0, 0.05) is 65.3 Å². The van der Waals surface area contributed by atoms with Gasteiger partial charge in [0.25, 0.3) is 0 Å². The van der Waals surface area contributed by atoms with E-state index in [4.69, 9.17) is 23.4 Å². The minimum absolute atomic E-state index is 0. The summed E-state index contributed by atoms with van der Waals surface area (Å²) in [4.78, 5) is -0.650. The van der Waals surface area contributed by atoms with E-state index in [2.05, 4.69) is 33.4 Å². The number of hydrogen-bond acceptors (Lipinski definition) is 5. The van der Waals surface area contributed by atoms with E-state index in [9.17, 15) is 0 Å². The maximum absolute atomic E-state index is 6.93. The van der Waals surface area contributed by atoms with Crippen LogP contribution in [0.25, 0.3) is 0 Å². The Balaban J connectivity index is 0.00000312. The molecule has 25 heavy (non-hydrogen) atoms. The molecule has 1 saturated heterocycles. The fourth-order valence-electron chi connectivity index (χ4n) is 2.71. The molecule has 0 saturated carbocycles. The van der Waals surface area contributed by atoms with Crippen LogP contribution >= 0.6 is 23.4 Å². The van der Waals surface area contributed by atoms with Crippen molar-refractivity contribution >= 4 is 23.4 Å². The normalized spacial score (nSPS) is 25.4. The molecule has 141 valence electrons. The van der Waals surface area contributed by atoms with Gasteiger partial charge in [-0.2, -0.15) is 4.42 Å². The largest absolute Gasteiger partial charge is 2.00 e. The molecule has 2 rings (SSSR count). The van der Waals surface area contributed by atoms with Gasteiger partial charge in [0.2, 0.25) is 0 Å². The zero-order chi connectivity index (χ0) is 17.1. The van der Waals surface area contributed by atoms with Gasteiger partial charge in [0.1, 0.15) is 5.00 Å². The fourth-order valence-corrected chi connectivity index (χ4v) is 3.24. The minimum Gasteiger partial charge on any atom is -0.314 e. The number of hydrogen-bond donors (Lipinski definition) is 4. The second-order valence-corrected chi connectivity index (χ2v) is 7.20. The molecular formula is C17H29Cl2MnN5+2. The van der Waals surface area contributed by atoms with Crippen LogP contribution < -0.4 is 21.3 Å². The molecule has 4 N–H and O–H groups in total. The monoisotopic (exact) mass is 428 g/mol. The molecule has 1 aliphatic rings. The standard InChI is InChI=1S/C17H29Cl2N5.Mn/c18-17(14-16-4-2-1-3-5-16)15-23-11-10-21-7-6-20-8-9-22-12-13-24(17)19;/h1-5,20-23H,6-15H2;/q;+2. The van der Waals surface area contributed by atoms with Gasteiger partial charge in [0.15, 0.2) is 0 Å². The Kier molecular flexibility index (Phi) is 12.3. The Bertz CT molecular complexity index is 454. The fraction of sp³-hybridized carbons (Fsp3) is 0.647. The van der Waals surface area contributed by atoms with Crippen LogP contribution in [-0.4, -0.2) is 68.3 Å². The summed E-state index contributed by atoms with van der Waals surface area (Å²) in [5.41, 5.74) is 1.19. The Labute approximate surface area is 172 Å². The van der Waals surface area contributed by atoms with Crippen LogP contribution in [-0.2, 0) is 23.5 Å². The van der Waals surface area contributed by atoms with E-state index in [1.54, 1.807) is 4.42 Å². The smallest absolute Gasteiger partial charge is 0.314 e. The van der Waals surface area contributed by atoms with Gasteiger partial charge < -0.3 is 21.3 Å². The average molecular weight is 429 g/mol. The number of nitrogens with one attached hydrogen (secondary N) is 4. The van der Waals surface area contributed by atoms with Crippen molar-refractivity contribution in [1.29, 1.82) is 0 Å². The maximum Gasteiger partial charge on any atom is 2.00 e. The van der Waals surface area contributed by atoms with Gasteiger partial charge in [0.05, 0.1) is 0 Å². The van der Waals surface area contributed by atoms with E-state index < -0.39 is 5.00 Å². The molecule has 1 fully saturated rings. The molecule has 1 aromatic carbocycles. The third kappa shape index (κ3) is 9.05. The second-order valence-electron chi connectivity index (χ2n) is 6.09. The predicted octanol–water partition coefficient (Wildman–Crippen LogP) is 0.990. The molecule has 1 heterocycles. The first-order valence-corrected chi connectivity index (χ1v) is 9.41. The van der Waals surface area contributed by atoms with Crippen LogP contribution in [0.2, 0.25) is 0 Å². The molecule has 8 heteroatoms. The molecule has 1 atom stereocenters. The summed E-state index contributed by atoms with van der Waals surface area (Å²) < 4.78 is 1.74. The van der Waals surface area contributed by atoms with Gasteiger partial charge in [-0.15, -0.1) is 0 Å². The van der Waals surface area contributed by atoms with Crippen molar-refractivity contribution < 1.29 is 17.1 Å². The Hall–Kier alpha value is 0.119. The summed E-state index contributed by atoms with van der Waals surface area (Å²) in [7, 11) is 0. The van der Waals surface area contributed by atoms with Crippen molar-refractivity contribution in [2.24, 2.45) is 0 Å². The van der Waals surface area contributed by atoms with E-state index in [1.165, 1.54) is 5.56 Å². The average Bonchev–Trinajstić information content (AvgIpc) is 2.59. The minimum atomic E-state index is -0.650. The van der Waals surface area contributed by atoms with Crippen molar-refractivity contribution in [3.8, 4) is 0 Å². The van der Waals surface area contributed by atoms with Gasteiger partial charge in [-0.05, 0) is 17.3 Å². The van der Waals surface area contributed by atoms with Crippen molar-refractivity contribution in [3.63, 3.8) is 0 Å². The molecule has 1 unspecified atom stereocenters. The summed E-state index contributed by atoms with van der Waals surface area (Å²) in [6, 6.07) is 10.3. The molecule has 5 nitrogen and oxygen atoms in total. The molecule has 0 bridgehead atoms. The van der Waals surface area contributed by atoms with Crippen molar-refractivity contribution in [2.75, 3.05) is 58.9 Å². The molecular weight excluding hydrogens is 400 g/mol. The SMILES string of the molecule is ClN1CCNCCNCCNCCNCC1(Cl)Cc1ccccc1.[Mn+2]. The van der Waals surface area contributed by atoms with E-state index >= 15 is 0 Å². The van der Waals surface area contributed by atoms with E-state index in [0.29, 0.717) is 19.5 Å². The van der Waals surface area contributed by atoms with Crippen molar-refractivity contribution in [1.82, 2.24) is 25.7 Å². The second kappa shape index (κ2) is 13.3. The number of halogens is 2. The Morgan fingerprint density at radius 1 is 0.840 bits per heavy atom. The summed E-state index contributed by atoms with van der Waals surface area (Å²) >= 11 is 13.5. The summed E-state index contributed by atoms with van der Waals surface area (Å²) in [6.45, 7) is 7.76. The quantitative estimate of drug-likeness (QED) is 0.245. The van der Waals surface area contributed by atoms with Gasteiger partial charge >= 0.3 is 17.1 Å². The van der Waals surface area contributed by atoms with Crippen LogP contribution in [0.5, 0.6) is 0 Å². The summed E-state index contributed by atoms with van der Waals surface area (Å²) in [5.74, 6) is 0. The maximum atomic E-state index is 6.93. The van der Waals surface area contributed by atoms with E-state index in [0.717, 1.165) is 45.8 Å². The van der Waals surface area contributed by atoms with E-state index in [1.807, 2.05) is 18.2 Å². The van der Waals surface area contributed by atoms with Crippen molar-refractivity contribution in [2.45, 2.75) is 11.4 Å². The first-order chi connectivity index (χ1) is 11.7. The molecule has 1 radical (unpaired) electrons. The third-order valence-electron chi connectivity index (χ3n) is 4.07. The van der Waals surface area contributed by atoms with Crippen molar-refractivity contribution in [3.05, 3.63) is 35.9 Å². The summed E-state index contributed by atoms with van der Waals surface area (Å²) in [5, 5.41) is 13.6. The molecule has 0 spiro atoms. The van der Waals surface area contributed by atoms with Crippen LogP contribution in [0.4, 0.5) is 0 Å². The summed E-state index contributed by atoms with van der Waals surface area (Å²) in [6.07, 6.45) is 0.695. The van der Waals surface area contributed by atoms with Gasteiger partial charge in [-0.3, -0.25) is 0 Å².